The van der Waals surface area contributed by atoms with Gasteiger partial charge in [-0.05, 0) is 42.7 Å². The van der Waals surface area contributed by atoms with E-state index in [1.165, 1.54) is 31.2 Å². The summed E-state index contributed by atoms with van der Waals surface area (Å²) in [4.78, 5) is 0. The Balaban J connectivity index is 1.78. The van der Waals surface area contributed by atoms with Crippen molar-refractivity contribution in [3.63, 3.8) is 0 Å². The molecule has 0 amide bonds. The van der Waals surface area contributed by atoms with Gasteiger partial charge in [0.25, 0.3) is 0 Å². The first-order valence-electron chi connectivity index (χ1n) is 6.97. The maximum atomic E-state index is 3.70. The minimum absolute atomic E-state index is 0.547. The highest BCUT2D eigenvalue weighted by molar-refractivity contribution is 5.10. The summed E-state index contributed by atoms with van der Waals surface area (Å²) >= 11 is 0. The Morgan fingerprint density at radius 1 is 1.47 bits per heavy atom. The van der Waals surface area contributed by atoms with Crippen molar-refractivity contribution < 1.29 is 0 Å². The molecular formula is C15H26N2. The van der Waals surface area contributed by atoms with Crippen LogP contribution in [0.4, 0.5) is 0 Å². The lowest BCUT2D eigenvalue weighted by Crippen LogP contribution is -2.26. The molecule has 2 nitrogen and oxygen atoms in total. The molecule has 1 aromatic rings. The van der Waals surface area contributed by atoms with Crippen LogP contribution in [0.15, 0.2) is 18.5 Å². The summed E-state index contributed by atoms with van der Waals surface area (Å²) < 4.78 is 2.29. The van der Waals surface area contributed by atoms with Crippen molar-refractivity contribution in [2.45, 2.75) is 65.6 Å². The van der Waals surface area contributed by atoms with Crippen molar-refractivity contribution in [3.8, 4) is 0 Å². The third-order valence-electron chi connectivity index (χ3n) is 3.86. The zero-order valence-corrected chi connectivity index (χ0v) is 11.5. The average molecular weight is 234 g/mol. The second-order valence-electron chi connectivity index (χ2n) is 6.24. The fourth-order valence-electron chi connectivity index (χ4n) is 2.86. The molecule has 1 aliphatic carbocycles. The number of aromatic nitrogens is 1. The van der Waals surface area contributed by atoms with Crippen molar-refractivity contribution in [1.29, 1.82) is 0 Å². The minimum atomic E-state index is 0.547. The van der Waals surface area contributed by atoms with E-state index >= 15 is 0 Å². The molecular weight excluding hydrogens is 208 g/mol. The van der Waals surface area contributed by atoms with Crippen molar-refractivity contribution in [3.05, 3.63) is 24.0 Å². The molecule has 1 heterocycles. The molecule has 0 bridgehead atoms. The predicted molar refractivity (Wildman–Crippen MR) is 73.0 cm³/mol. The highest BCUT2D eigenvalue weighted by Gasteiger charge is 2.30. The lowest BCUT2D eigenvalue weighted by Gasteiger charge is -2.17. The number of nitrogens with one attached hydrogen (secondary N) is 1. The molecule has 2 rings (SSSR count). The molecule has 1 fully saturated rings. The fraction of sp³-hybridized carbons (Fsp3) is 0.733. The number of hydrogen-bond donors (Lipinski definition) is 1. The summed E-state index contributed by atoms with van der Waals surface area (Å²) in [5.41, 5.74) is 1.97. The molecule has 0 aromatic carbocycles. The van der Waals surface area contributed by atoms with Crippen LogP contribution < -0.4 is 5.32 Å². The molecule has 96 valence electrons. The van der Waals surface area contributed by atoms with E-state index in [0.717, 1.165) is 19.1 Å². The lowest BCUT2D eigenvalue weighted by atomic mass is 9.92. The van der Waals surface area contributed by atoms with Crippen LogP contribution in [0.5, 0.6) is 0 Å². The summed E-state index contributed by atoms with van der Waals surface area (Å²) in [5, 5.41) is 3.70. The van der Waals surface area contributed by atoms with Crippen LogP contribution in [0.2, 0.25) is 0 Å². The van der Waals surface area contributed by atoms with Gasteiger partial charge in [-0.1, -0.05) is 20.8 Å². The van der Waals surface area contributed by atoms with E-state index in [2.05, 4.69) is 49.1 Å². The van der Waals surface area contributed by atoms with Gasteiger partial charge >= 0.3 is 0 Å². The van der Waals surface area contributed by atoms with E-state index in [0.29, 0.717) is 5.41 Å². The number of aryl methyl sites for hydroxylation is 1. The summed E-state index contributed by atoms with van der Waals surface area (Å²) in [7, 11) is 0. The smallest absolute Gasteiger partial charge is 0.0223 e. The summed E-state index contributed by atoms with van der Waals surface area (Å²) in [6.07, 6.45) is 9.70. The first-order valence-corrected chi connectivity index (χ1v) is 6.97. The van der Waals surface area contributed by atoms with Gasteiger partial charge < -0.3 is 9.88 Å². The van der Waals surface area contributed by atoms with Crippen LogP contribution in [0.25, 0.3) is 0 Å². The molecule has 1 aliphatic rings. The van der Waals surface area contributed by atoms with E-state index in [9.17, 15) is 0 Å². The lowest BCUT2D eigenvalue weighted by molar-refractivity contribution is 0.364. The monoisotopic (exact) mass is 234 g/mol. The molecule has 0 aliphatic heterocycles. The Kier molecular flexibility index (Phi) is 3.93. The number of rotatable bonds is 5. The van der Waals surface area contributed by atoms with Crippen LogP contribution in [0, 0.1) is 5.41 Å². The van der Waals surface area contributed by atoms with Gasteiger partial charge in [0.2, 0.25) is 0 Å². The largest absolute Gasteiger partial charge is 0.354 e. The van der Waals surface area contributed by atoms with Gasteiger partial charge in [-0.25, -0.2) is 0 Å². The second kappa shape index (κ2) is 5.26. The van der Waals surface area contributed by atoms with Gasteiger partial charge in [0.1, 0.15) is 0 Å². The van der Waals surface area contributed by atoms with Crippen LogP contribution in [0.1, 0.15) is 52.0 Å². The first kappa shape index (κ1) is 12.7. The van der Waals surface area contributed by atoms with Crippen molar-refractivity contribution >= 4 is 0 Å². The van der Waals surface area contributed by atoms with Crippen LogP contribution in [0.3, 0.4) is 0 Å². The zero-order valence-electron chi connectivity index (χ0n) is 11.5. The maximum absolute atomic E-state index is 3.70. The first-order chi connectivity index (χ1) is 8.09. The van der Waals surface area contributed by atoms with E-state index in [1.807, 2.05) is 0 Å². The third-order valence-corrected chi connectivity index (χ3v) is 3.86. The van der Waals surface area contributed by atoms with Crippen molar-refractivity contribution in [2.75, 3.05) is 0 Å². The maximum Gasteiger partial charge on any atom is 0.0223 e. The third kappa shape index (κ3) is 3.60. The van der Waals surface area contributed by atoms with Gasteiger partial charge in [-0.2, -0.15) is 0 Å². The van der Waals surface area contributed by atoms with Gasteiger partial charge in [0.05, 0.1) is 0 Å². The average Bonchev–Trinajstić information content (AvgIpc) is 2.83. The molecule has 0 spiro atoms. The Labute approximate surface area is 105 Å². The van der Waals surface area contributed by atoms with E-state index < -0.39 is 0 Å². The van der Waals surface area contributed by atoms with Crippen LogP contribution in [-0.4, -0.2) is 10.6 Å². The molecule has 0 radical (unpaired) electrons. The number of hydrogen-bond acceptors (Lipinski definition) is 1. The zero-order chi connectivity index (χ0) is 12.3. The van der Waals surface area contributed by atoms with Gasteiger partial charge in [0.15, 0.2) is 0 Å². The Morgan fingerprint density at radius 2 is 2.29 bits per heavy atom. The molecule has 1 aromatic heterocycles. The van der Waals surface area contributed by atoms with E-state index in [-0.39, 0.29) is 0 Å². The normalized spacial score (nSPS) is 23.1. The molecule has 1 unspecified atom stereocenters. The van der Waals surface area contributed by atoms with E-state index in [4.69, 9.17) is 0 Å². The number of nitrogens with zero attached hydrogens (tertiary/aromatic N) is 1. The fourth-order valence-corrected chi connectivity index (χ4v) is 2.86. The molecule has 2 heteroatoms. The molecule has 17 heavy (non-hydrogen) atoms. The highest BCUT2D eigenvalue weighted by atomic mass is 15.0. The SMILES string of the molecule is CCCn1ccc(CNC2CCC(C)(C)C2)c1. The molecule has 1 saturated carbocycles. The summed E-state index contributed by atoms with van der Waals surface area (Å²) in [5.74, 6) is 0. The van der Waals surface area contributed by atoms with Gasteiger partial charge in [0, 0.05) is 31.5 Å². The second-order valence-corrected chi connectivity index (χ2v) is 6.24. The molecule has 1 atom stereocenters. The van der Waals surface area contributed by atoms with Crippen molar-refractivity contribution in [1.82, 2.24) is 9.88 Å². The topological polar surface area (TPSA) is 17.0 Å². The Morgan fingerprint density at radius 3 is 2.94 bits per heavy atom. The Hall–Kier alpha value is -0.760. The highest BCUT2D eigenvalue weighted by Crippen LogP contribution is 2.36. The standard InChI is InChI=1S/C15H26N2/c1-4-8-17-9-6-13(12-17)11-16-14-5-7-15(2,3)10-14/h6,9,12,14,16H,4-5,7-8,10-11H2,1-3H3. The summed E-state index contributed by atoms with van der Waals surface area (Å²) in [6.45, 7) is 9.14. The predicted octanol–water partition coefficient (Wildman–Crippen LogP) is 3.57. The molecule has 0 saturated heterocycles. The quantitative estimate of drug-likeness (QED) is 0.824. The minimum Gasteiger partial charge on any atom is -0.354 e. The van der Waals surface area contributed by atoms with Crippen molar-refractivity contribution in [2.24, 2.45) is 5.41 Å². The Bertz CT molecular complexity index is 352. The summed E-state index contributed by atoms with van der Waals surface area (Å²) in [6, 6.07) is 2.96. The van der Waals surface area contributed by atoms with Crippen LogP contribution >= 0.6 is 0 Å². The van der Waals surface area contributed by atoms with Gasteiger partial charge in [-0.15, -0.1) is 0 Å². The van der Waals surface area contributed by atoms with E-state index in [1.54, 1.807) is 0 Å². The van der Waals surface area contributed by atoms with Crippen LogP contribution in [-0.2, 0) is 13.1 Å². The van der Waals surface area contributed by atoms with Gasteiger partial charge in [-0.3, -0.25) is 0 Å². The molecule has 1 N–H and O–H groups in total.